The van der Waals surface area contributed by atoms with E-state index in [4.69, 9.17) is 0 Å². The topological polar surface area (TPSA) is 43.8 Å². The fourth-order valence-corrected chi connectivity index (χ4v) is 5.56. The molecule has 0 aliphatic carbocycles. The van der Waals surface area contributed by atoms with Crippen LogP contribution >= 0.6 is 0 Å². The van der Waals surface area contributed by atoms with Gasteiger partial charge in [0.1, 0.15) is 11.6 Å². The maximum atomic E-state index is 14.5. The molecule has 2 aromatic rings. The standard InChI is InChI=1S/C25H30F2N2O2/c1-16-12-29(13-17(2)25(16,31)18-7-5-4-6-8-18)24(30)22-15-28(3)14-21(22)20-10-9-19(26)11-23(20)27/h4-11,16-17,21-22,31H,12-15H2,1-3H3/t16-,17+,21-,22+,25?/m0/s1. The molecule has 0 bridgehead atoms. The Morgan fingerprint density at radius 2 is 1.65 bits per heavy atom. The third-order valence-electron chi connectivity index (χ3n) is 7.22. The Kier molecular flexibility index (Phi) is 5.88. The molecule has 2 fully saturated rings. The van der Waals surface area contributed by atoms with Gasteiger partial charge in [-0.15, -0.1) is 0 Å². The van der Waals surface area contributed by atoms with Gasteiger partial charge in [-0.1, -0.05) is 50.2 Å². The number of hydrogen-bond acceptors (Lipinski definition) is 3. The molecule has 2 saturated heterocycles. The van der Waals surface area contributed by atoms with Crippen LogP contribution in [0.1, 0.15) is 30.9 Å². The minimum absolute atomic E-state index is 0.0214. The van der Waals surface area contributed by atoms with Crippen LogP contribution in [0.5, 0.6) is 0 Å². The van der Waals surface area contributed by atoms with Gasteiger partial charge in [0.05, 0.1) is 11.5 Å². The van der Waals surface area contributed by atoms with Crippen molar-refractivity contribution in [3.63, 3.8) is 0 Å². The van der Waals surface area contributed by atoms with Crippen LogP contribution in [0.25, 0.3) is 0 Å². The molecular formula is C25H30F2N2O2. The van der Waals surface area contributed by atoms with Crippen molar-refractivity contribution in [1.82, 2.24) is 9.80 Å². The molecule has 2 heterocycles. The Labute approximate surface area is 182 Å². The van der Waals surface area contributed by atoms with E-state index >= 15 is 0 Å². The summed E-state index contributed by atoms with van der Waals surface area (Å²) in [4.78, 5) is 17.4. The predicted molar refractivity (Wildman–Crippen MR) is 115 cm³/mol. The van der Waals surface area contributed by atoms with Gasteiger partial charge in [0.2, 0.25) is 5.91 Å². The highest BCUT2D eigenvalue weighted by atomic mass is 19.1. The van der Waals surface area contributed by atoms with Gasteiger partial charge in [0.15, 0.2) is 0 Å². The van der Waals surface area contributed by atoms with Crippen LogP contribution in [0.15, 0.2) is 48.5 Å². The highest BCUT2D eigenvalue weighted by Crippen LogP contribution is 2.42. The lowest BCUT2D eigenvalue weighted by atomic mass is 9.70. The minimum atomic E-state index is -1.01. The first-order chi connectivity index (χ1) is 14.7. The fourth-order valence-electron chi connectivity index (χ4n) is 5.56. The third-order valence-corrected chi connectivity index (χ3v) is 7.22. The normalized spacial score (nSPS) is 31.7. The number of carbonyl (C=O) groups excluding carboxylic acids is 1. The zero-order valence-corrected chi connectivity index (χ0v) is 18.3. The molecule has 1 unspecified atom stereocenters. The lowest BCUT2D eigenvalue weighted by Crippen LogP contribution is -2.57. The van der Waals surface area contributed by atoms with Gasteiger partial charge in [0, 0.05) is 50.0 Å². The van der Waals surface area contributed by atoms with Crippen molar-refractivity contribution in [2.24, 2.45) is 17.8 Å². The van der Waals surface area contributed by atoms with Crippen LogP contribution in [-0.2, 0) is 10.4 Å². The van der Waals surface area contributed by atoms with Crippen molar-refractivity contribution >= 4 is 5.91 Å². The second-order valence-electron chi connectivity index (χ2n) is 9.34. The summed E-state index contributed by atoms with van der Waals surface area (Å²) < 4.78 is 27.9. The molecule has 2 aliphatic rings. The average molecular weight is 429 g/mol. The van der Waals surface area contributed by atoms with E-state index in [9.17, 15) is 18.7 Å². The molecule has 2 aliphatic heterocycles. The van der Waals surface area contributed by atoms with E-state index in [0.29, 0.717) is 31.7 Å². The summed E-state index contributed by atoms with van der Waals surface area (Å²) in [7, 11) is 1.91. The summed E-state index contributed by atoms with van der Waals surface area (Å²) in [5.74, 6) is -2.26. The van der Waals surface area contributed by atoms with Crippen LogP contribution in [0.2, 0.25) is 0 Å². The zero-order valence-electron chi connectivity index (χ0n) is 18.3. The van der Waals surface area contributed by atoms with Gasteiger partial charge < -0.3 is 14.9 Å². The number of hydrogen-bond donors (Lipinski definition) is 1. The van der Waals surface area contributed by atoms with E-state index in [1.54, 1.807) is 0 Å². The molecule has 1 amide bonds. The van der Waals surface area contributed by atoms with Gasteiger partial charge in [0.25, 0.3) is 0 Å². The minimum Gasteiger partial charge on any atom is -0.384 e. The predicted octanol–water partition coefficient (Wildman–Crippen LogP) is 3.61. The Morgan fingerprint density at radius 1 is 1.00 bits per heavy atom. The van der Waals surface area contributed by atoms with Crippen molar-refractivity contribution in [2.75, 3.05) is 33.2 Å². The van der Waals surface area contributed by atoms with E-state index in [2.05, 4.69) is 0 Å². The largest absolute Gasteiger partial charge is 0.384 e. The maximum absolute atomic E-state index is 14.5. The Bertz CT molecular complexity index is 940. The summed E-state index contributed by atoms with van der Waals surface area (Å²) in [5, 5.41) is 11.5. The van der Waals surface area contributed by atoms with Crippen molar-refractivity contribution in [3.05, 3.63) is 71.3 Å². The first-order valence-electron chi connectivity index (χ1n) is 10.9. The molecular weight excluding hydrogens is 398 g/mol. The van der Waals surface area contributed by atoms with Crippen molar-refractivity contribution < 1.29 is 18.7 Å². The number of benzene rings is 2. The molecule has 2 aromatic carbocycles. The summed E-state index contributed by atoms with van der Waals surface area (Å²) in [5.41, 5.74) is 0.254. The second kappa shape index (κ2) is 8.32. The first-order valence-corrected chi connectivity index (χ1v) is 10.9. The molecule has 0 aromatic heterocycles. The monoisotopic (exact) mass is 428 g/mol. The maximum Gasteiger partial charge on any atom is 0.227 e. The highest BCUT2D eigenvalue weighted by molar-refractivity contribution is 5.81. The summed E-state index contributed by atoms with van der Waals surface area (Å²) in [6.45, 7) is 5.90. The zero-order chi connectivity index (χ0) is 22.3. The molecule has 0 saturated carbocycles. The summed E-state index contributed by atoms with van der Waals surface area (Å²) in [6, 6.07) is 13.2. The van der Waals surface area contributed by atoms with Crippen LogP contribution in [-0.4, -0.2) is 54.0 Å². The molecule has 6 heteroatoms. The van der Waals surface area contributed by atoms with Crippen LogP contribution in [0.3, 0.4) is 0 Å². The number of rotatable bonds is 3. The van der Waals surface area contributed by atoms with E-state index in [0.717, 1.165) is 11.6 Å². The lowest BCUT2D eigenvalue weighted by molar-refractivity contribution is -0.152. The van der Waals surface area contributed by atoms with Crippen LogP contribution < -0.4 is 0 Å². The number of aliphatic hydroxyl groups is 1. The Morgan fingerprint density at radius 3 is 2.26 bits per heavy atom. The van der Waals surface area contributed by atoms with E-state index in [1.165, 1.54) is 12.1 Å². The molecule has 4 nitrogen and oxygen atoms in total. The average Bonchev–Trinajstić information content (AvgIpc) is 3.13. The number of nitrogens with zero attached hydrogens (tertiary/aromatic N) is 2. The molecule has 0 spiro atoms. The van der Waals surface area contributed by atoms with Gasteiger partial charge in [-0.05, 0) is 24.2 Å². The fraction of sp³-hybridized carbons (Fsp3) is 0.480. The first kappa shape index (κ1) is 21.9. The number of likely N-dealkylation sites (tertiary alicyclic amines) is 2. The number of piperidine rings is 1. The number of carbonyl (C=O) groups is 1. The lowest BCUT2D eigenvalue weighted by Gasteiger charge is -2.48. The summed E-state index contributed by atoms with van der Waals surface area (Å²) >= 11 is 0. The Hall–Kier alpha value is -2.31. The van der Waals surface area contributed by atoms with Gasteiger partial charge in [-0.25, -0.2) is 8.78 Å². The van der Waals surface area contributed by atoms with Crippen LogP contribution in [0.4, 0.5) is 8.78 Å². The summed E-state index contributed by atoms with van der Waals surface area (Å²) in [6.07, 6.45) is 0. The quantitative estimate of drug-likeness (QED) is 0.812. The van der Waals surface area contributed by atoms with Gasteiger partial charge in [-0.2, -0.15) is 0 Å². The molecule has 4 rings (SSSR count). The molecule has 166 valence electrons. The van der Waals surface area contributed by atoms with Crippen molar-refractivity contribution in [3.8, 4) is 0 Å². The van der Waals surface area contributed by atoms with E-state index < -0.39 is 23.2 Å². The van der Waals surface area contributed by atoms with Crippen LogP contribution in [0, 0.1) is 29.4 Å². The number of amides is 1. The van der Waals surface area contributed by atoms with E-state index in [-0.39, 0.29) is 23.7 Å². The third kappa shape index (κ3) is 3.87. The number of likely N-dealkylation sites (N-methyl/N-ethyl adjacent to an activating group) is 1. The van der Waals surface area contributed by atoms with Gasteiger partial charge >= 0.3 is 0 Å². The van der Waals surface area contributed by atoms with Crippen molar-refractivity contribution in [2.45, 2.75) is 25.4 Å². The Balaban J connectivity index is 1.57. The SMILES string of the molecule is C[C@@H]1CN(C(=O)[C@@H]2CN(C)C[C@H]2c2ccc(F)cc2F)C[C@H](C)C1(O)c1ccccc1. The second-order valence-corrected chi connectivity index (χ2v) is 9.34. The number of halogens is 2. The smallest absolute Gasteiger partial charge is 0.227 e. The molecule has 0 radical (unpaired) electrons. The molecule has 31 heavy (non-hydrogen) atoms. The van der Waals surface area contributed by atoms with E-state index in [1.807, 2.05) is 61.0 Å². The highest BCUT2D eigenvalue weighted by Gasteiger charge is 2.49. The van der Waals surface area contributed by atoms with Gasteiger partial charge in [-0.3, -0.25) is 4.79 Å². The molecule has 1 N–H and O–H groups in total. The van der Waals surface area contributed by atoms with Crippen molar-refractivity contribution in [1.29, 1.82) is 0 Å². The molecule has 5 atom stereocenters.